The van der Waals surface area contributed by atoms with Gasteiger partial charge in [-0.1, -0.05) is 29.3 Å². The monoisotopic (exact) mass is 493 g/mol. The highest BCUT2D eigenvalue weighted by Crippen LogP contribution is 2.22. The first-order valence-corrected chi connectivity index (χ1v) is 12.2. The minimum atomic E-state index is -4.16. The van der Waals surface area contributed by atoms with E-state index in [0.717, 1.165) is 12.1 Å². The van der Waals surface area contributed by atoms with E-state index < -0.39 is 26.0 Å². The number of carbonyl (C=O) groups is 1. The molecule has 162 valence electrons. The normalized spacial score (nSPS) is 15.7. The molecule has 0 bridgehead atoms. The van der Waals surface area contributed by atoms with Crippen molar-refractivity contribution in [1.82, 2.24) is 14.6 Å². The molecule has 9 nitrogen and oxygen atoms in total. The molecule has 1 heterocycles. The van der Waals surface area contributed by atoms with Gasteiger partial charge in [0, 0.05) is 28.7 Å². The maximum Gasteiger partial charge on any atom is 0.266 e. The van der Waals surface area contributed by atoms with Crippen molar-refractivity contribution in [2.45, 2.75) is 9.79 Å². The fraction of sp³-hybridized carbons (Fsp3) is 0.235. The Morgan fingerprint density at radius 3 is 2.20 bits per heavy atom. The van der Waals surface area contributed by atoms with Crippen LogP contribution in [0.2, 0.25) is 10.0 Å². The lowest BCUT2D eigenvalue weighted by molar-refractivity contribution is 0.0730. The lowest BCUT2D eigenvalue weighted by Gasteiger charge is -2.26. The van der Waals surface area contributed by atoms with E-state index in [0.29, 0.717) is 0 Å². The zero-order chi connectivity index (χ0) is 21.9. The Balaban J connectivity index is 1.75. The lowest BCUT2D eigenvalue weighted by Crippen LogP contribution is -2.42. The average molecular weight is 494 g/mol. The topological polar surface area (TPSA) is 122 Å². The summed E-state index contributed by atoms with van der Waals surface area (Å²) in [6, 6.07) is 8.98. The first kappa shape index (κ1) is 22.9. The van der Waals surface area contributed by atoms with Gasteiger partial charge in [0.15, 0.2) is 0 Å². The number of carbonyl (C=O) groups excluding carboxylic acids is 1. The number of amides is 1. The maximum atomic E-state index is 12.7. The van der Waals surface area contributed by atoms with Crippen LogP contribution in [0, 0.1) is 0 Å². The van der Waals surface area contributed by atoms with Gasteiger partial charge in [0.25, 0.3) is 15.9 Å². The molecule has 3 rings (SSSR count). The van der Waals surface area contributed by atoms with E-state index in [9.17, 15) is 21.6 Å². The Kier molecular flexibility index (Phi) is 7.02. The third kappa shape index (κ3) is 5.30. The van der Waals surface area contributed by atoms with Crippen LogP contribution in [0.3, 0.4) is 0 Å². The van der Waals surface area contributed by atoms with Crippen LogP contribution in [0.4, 0.5) is 0 Å². The van der Waals surface area contributed by atoms with Crippen molar-refractivity contribution in [3.05, 3.63) is 58.1 Å². The van der Waals surface area contributed by atoms with Crippen molar-refractivity contribution in [3.63, 3.8) is 0 Å². The third-order valence-electron chi connectivity index (χ3n) is 4.15. The summed E-state index contributed by atoms with van der Waals surface area (Å²) in [5, 5.41) is 0.213. The van der Waals surface area contributed by atoms with E-state index in [1.54, 1.807) is 0 Å². The second-order valence-corrected chi connectivity index (χ2v) is 10.7. The fourth-order valence-corrected chi connectivity index (χ4v) is 5.68. The number of ether oxygens (including phenoxy) is 1. The van der Waals surface area contributed by atoms with Crippen LogP contribution in [-0.4, -0.2) is 53.4 Å². The van der Waals surface area contributed by atoms with Crippen molar-refractivity contribution < 1.29 is 26.4 Å². The predicted molar refractivity (Wildman–Crippen MR) is 110 cm³/mol. The van der Waals surface area contributed by atoms with Gasteiger partial charge >= 0.3 is 0 Å². The van der Waals surface area contributed by atoms with Crippen LogP contribution in [0.25, 0.3) is 0 Å². The Morgan fingerprint density at radius 2 is 1.57 bits per heavy atom. The van der Waals surface area contributed by atoms with Crippen molar-refractivity contribution in [3.8, 4) is 0 Å². The molecular formula is C17H17Cl2N3O6S2. The lowest BCUT2D eigenvalue weighted by atomic mass is 10.2. The molecule has 0 saturated carbocycles. The molecule has 1 saturated heterocycles. The molecule has 1 amide bonds. The molecule has 0 radical (unpaired) electrons. The first-order chi connectivity index (χ1) is 14.1. The molecule has 2 N–H and O–H groups in total. The van der Waals surface area contributed by atoms with E-state index in [4.69, 9.17) is 27.9 Å². The number of hydrogen-bond donors (Lipinski definition) is 2. The van der Waals surface area contributed by atoms with Crippen molar-refractivity contribution in [2.24, 2.45) is 0 Å². The van der Waals surface area contributed by atoms with Crippen molar-refractivity contribution in [1.29, 1.82) is 0 Å². The van der Waals surface area contributed by atoms with Gasteiger partial charge in [-0.15, -0.1) is 4.83 Å². The second-order valence-electron chi connectivity index (χ2n) is 6.21. The minimum Gasteiger partial charge on any atom is -0.379 e. The molecule has 1 fully saturated rings. The van der Waals surface area contributed by atoms with Crippen LogP contribution in [0.1, 0.15) is 10.4 Å². The Hall–Kier alpha value is -1.73. The largest absolute Gasteiger partial charge is 0.379 e. The second kappa shape index (κ2) is 9.18. The summed E-state index contributed by atoms with van der Waals surface area (Å²) in [6.45, 7) is 0.991. The molecule has 1 aliphatic rings. The van der Waals surface area contributed by atoms with Gasteiger partial charge in [0.2, 0.25) is 10.0 Å². The first-order valence-electron chi connectivity index (χ1n) is 8.56. The maximum absolute atomic E-state index is 12.7. The number of halogens is 2. The zero-order valence-corrected chi connectivity index (χ0v) is 18.5. The van der Waals surface area contributed by atoms with Crippen molar-refractivity contribution >= 4 is 49.2 Å². The summed E-state index contributed by atoms with van der Waals surface area (Å²) in [5.74, 6) is -0.842. The molecule has 0 atom stereocenters. The number of hydrogen-bond acceptors (Lipinski definition) is 6. The van der Waals surface area contributed by atoms with Crippen molar-refractivity contribution in [2.75, 3.05) is 26.3 Å². The number of benzene rings is 2. The highest BCUT2D eigenvalue weighted by atomic mass is 35.5. The summed E-state index contributed by atoms with van der Waals surface area (Å²) in [7, 11) is -7.96. The predicted octanol–water partition coefficient (Wildman–Crippen LogP) is 1.64. The van der Waals surface area contributed by atoms with E-state index >= 15 is 0 Å². The van der Waals surface area contributed by atoms with Gasteiger partial charge in [0.1, 0.15) is 0 Å². The van der Waals surface area contributed by atoms with E-state index in [2.05, 4.69) is 0 Å². The summed E-state index contributed by atoms with van der Waals surface area (Å²) >= 11 is 11.6. The number of rotatable bonds is 6. The summed E-state index contributed by atoms with van der Waals surface area (Å²) < 4.78 is 56.6. The molecule has 30 heavy (non-hydrogen) atoms. The van der Waals surface area contributed by atoms with E-state index in [-0.39, 0.29) is 51.7 Å². The third-order valence-corrected chi connectivity index (χ3v) is 7.71. The molecule has 13 heteroatoms. The standard InChI is InChI=1S/C17H17Cl2N3O6S2/c18-13-9-14(19)11-16(10-13)29(24,25)21-20-17(23)12-2-1-3-15(8-12)30(26,27)22-4-6-28-7-5-22/h1-3,8-11,21H,4-7H2,(H,20,23). The van der Waals surface area contributed by atoms with E-state index in [1.165, 1.54) is 34.6 Å². The molecule has 0 unspecified atom stereocenters. The summed E-state index contributed by atoms with van der Waals surface area (Å²) in [4.78, 5) is 14.0. The Morgan fingerprint density at radius 1 is 0.933 bits per heavy atom. The van der Waals surface area contributed by atoms with Crippen LogP contribution >= 0.6 is 23.2 Å². The van der Waals surface area contributed by atoms with Crippen LogP contribution in [0.15, 0.2) is 52.3 Å². The van der Waals surface area contributed by atoms with Gasteiger partial charge in [-0.2, -0.15) is 4.31 Å². The highest BCUT2D eigenvalue weighted by Gasteiger charge is 2.27. The molecule has 2 aromatic rings. The molecule has 2 aromatic carbocycles. The highest BCUT2D eigenvalue weighted by molar-refractivity contribution is 7.89. The van der Waals surface area contributed by atoms with Gasteiger partial charge in [-0.3, -0.25) is 10.2 Å². The SMILES string of the molecule is O=C(NNS(=O)(=O)c1cc(Cl)cc(Cl)c1)c1cccc(S(=O)(=O)N2CCOCC2)c1. The number of sulfonamides is 2. The average Bonchev–Trinajstić information content (AvgIpc) is 2.72. The summed E-state index contributed by atoms with van der Waals surface area (Å²) in [6.07, 6.45) is 0. The Bertz CT molecular complexity index is 1150. The number of nitrogens with zero attached hydrogens (tertiary/aromatic N) is 1. The van der Waals surface area contributed by atoms with Crippen LogP contribution in [-0.2, 0) is 24.8 Å². The molecule has 0 aromatic heterocycles. The van der Waals surface area contributed by atoms with Gasteiger partial charge < -0.3 is 4.74 Å². The van der Waals surface area contributed by atoms with E-state index in [1.807, 2.05) is 10.3 Å². The van der Waals surface area contributed by atoms with Gasteiger partial charge in [-0.25, -0.2) is 16.8 Å². The van der Waals surface area contributed by atoms with Gasteiger partial charge in [0.05, 0.1) is 23.0 Å². The minimum absolute atomic E-state index is 0.0452. The molecular weight excluding hydrogens is 477 g/mol. The molecule has 0 spiro atoms. The Labute approximate surface area is 184 Å². The van der Waals surface area contributed by atoms with Gasteiger partial charge in [-0.05, 0) is 36.4 Å². The quantitative estimate of drug-likeness (QED) is 0.589. The smallest absolute Gasteiger partial charge is 0.266 e. The fourth-order valence-electron chi connectivity index (χ4n) is 2.66. The number of nitrogens with one attached hydrogen (secondary N) is 2. The number of hydrazine groups is 1. The summed E-state index contributed by atoms with van der Waals surface area (Å²) in [5.41, 5.74) is 2.00. The number of morpholine rings is 1. The molecule has 0 aliphatic carbocycles. The molecule has 1 aliphatic heterocycles. The zero-order valence-electron chi connectivity index (χ0n) is 15.3. The van der Waals surface area contributed by atoms with Crippen LogP contribution in [0.5, 0.6) is 0 Å². The van der Waals surface area contributed by atoms with Crippen LogP contribution < -0.4 is 10.3 Å².